The van der Waals surface area contributed by atoms with Gasteiger partial charge in [0.15, 0.2) is 0 Å². The van der Waals surface area contributed by atoms with E-state index in [0.29, 0.717) is 19.6 Å². The lowest BCUT2D eigenvalue weighted by molar-refractivity contribution is -0.149. The minimum Gasteiger partial charge on any atom is -0.383 e. The number of carbonyl (C=O) groups is 1. The Kier molecular flexibility index (Phi) is 8.17. The van der Waals surface area contributed by atoms with Crippen LogP contribution in [0.1, 0.15) is 88.3 Å². The smallest absolute Gasteiger partial charge is 0.238 e. The van der Waals surface area contributed by atoms with Crippen LogP contribution < -0.4 is 0 Å². The Labute approximate surface area is 229 Å². The summed E-state index contributed by atoms with van der Waals surface area (Å²) in [7, 11) is 3.55. The number of hydrogen-bond acceptors (Lipinski definition) is 4. The highest BCUT2D eigenvalue weighted by molar-refractivity contribution is 5.94. The summed E-state index contributed by atoms with van der Waals surface area (Å²) < 4.78 is 11.3. The molecule has 4 aliphatic rings. The molecule has 3 unspecified atom stereocenters. The van der Waals surface area contributed by atoms with Gasteiger partial charge in [0.1, 0.15) is 0 Å². The maximum Gasteiger partial charge on any atom is 0.238 e. The Morgan fingerprint density at radius 3 is 2.58 bits per heavy atom. The van der Waals surface area contributed by atoms with Crippen LogP contribution in [0.4, 0.5) is 0 Å². The van der Waals surface area contributed by atoms with Crippen LogP contribution in [0.15, 0.2) is 30.0 Å². The van der Waals surface area contributed by atoms with E-state index in [1.165, 1.54) is 42.2 Å². The summed E-state index contributed by atoms with van der Waals surface area (Å²) >= 11 is 0. The third-order valence-corrected chi connectivity index (χ3v) is 10.5. The maximum atomic E-state index is 15.3. The molecular formula is C33H48N2O3. The first kappa shape index (κ1) is 27.6. The number of nitrogens with one attached hydrogen (secondary N) is 1. The molecule has 208 valence electrons. The first-order chi connectivity index (χ1) is 18.4. The van der Waals surface area contributed by atoms with Gasteiger partial charge in [-0.05, 0) is 97.9 Å². The van der Waals surface area contributed by atoms with Gasteiger partial charge in [-0.3, -0.25) is 4.79 Å². The van der Waals surface area contributed by atoms with Crippen molar-refractivity contribution >= 4 is 12.1 Å². The fourth-order valence-electron chi connectivity index (χ4n) is 8.23. The van der Waals surface area contributed by atoms with E-state index in [1.54, 1.807) is 7.11 Å². The van der Waals surface area contributed by atoms with E-state index >= 15 is 4.79 Å². The van der Waals surface area contributed by atoms with Crippen molar-refractivity contribution in [2.45, 2.75) is 96.0 Å². The molecule has 3 atom stereocenters. The molecule has 1 aromatic rings. The van der Waals surface area contributed by atoms with Gasteiger partial charge in [-0.2, -0.15) is 0 Å². The number of hydrogen-bond donors (Lipinski definition) is 1. The molecule has 5 nitrogen and oxygen atoms in total. The largest absolute Gasteiger partial charge is 0.383 e. The Morgan fingerprint density at radius 1 is 1.18 bits per heavy atom. The number of rotatable bonds is 11. The van der Waals surface area contributed by atoms with Crippen molar-refractivity contribution in [3.63, 3.8) is 0 Å². The lowest BCUT2D eigenvalue weighted by Gasteiger charge is -2.56. The van der Waals surface area contributed by atoms with E-state index in [2.05, 4.69) is 43.0 Å². The third kappa shape index (κ3) is 4.58. The zero-order chi connectivity index (χ0) is 26.9. The van der Waals surface area contributed by atoms with Crippen LogP contribution >= 0.6 is 0 Å². The van der Waals surface area contributed by atoms with Crippen molar-refractivity contribution in [1.29, 1.82) is 5.41 Å². The molecule has 0 aromatic heterocycles. The van der Waals surface area contributed by atoms with Crippen molar-refractivity contribution in [3.8, 4) is 0 Å². The predicted octanol–water partition coefficient (Wildman–Crippen LogP) is 6.47. The number of fused-ring (bicyclic) bond motifs is 3. The van der Waals surface area contributed by atoms with Gasteiger partial charge in [-0.25, -0.2) is 0 Å². The second kappa shape index (κ2) is 11.3. The van der Waals surface area contributed by atoms with Crippen molar-refractivity contribution in [1.82, 2.24) is 4.90 Å². The molecule has 3 aliphatic carbocycles. The van der Waals surface area contributed by atoms with Gasteiger partial charge in [0.05, 0.1) is 18.1 Å². The molecule has 1 amide bonds. The SMILES string of the molecule is CCC1C=C(C(C)CC=N)N(CCOC)C(=O)C12c1cc(CCC3CC3)ccc1CC21CCC(OC)CC1. The molecule has 0 radical (unpaired) electrons. The number of benzene rings is 1. The summed E-state index contributed by atoms with van der Waals surface area (Å²) in [6, 6.07) is 7.16. The molecule has 2 saturated carbocycles. The van der Waals surface area contributed by atoms with Gasteiger partial charge < -0.3 is 19.8 Å². The Bertz CT molecular complexity index is 1050. The molecule has 1 aliphatic heterocycles. The van der Waals surface area contributed by atoms with Crippen molar-refractivity contribution in [2.24, 2.45) is 23.2 Å². The lowest BCUT2D eigenvalue weighted by atomic mass is 9.50. The summed E-state index contributed by atoms with van der Waals surface area (Å²) in [5.41, 5.74) is 4.56. The minimum absolute atomic E-state index is 0.0879. The predicted molar refractivity (Wildman–Crippen MR) is 153 cm³/mol. The van der Waals surface area contributed by atoms with Crippen molar-refractivity contribution < 1.29 is 14.3 Å². The zero-order valence-electron chi connectivity index (χ0n) is 24.1. The van der Waals surface area contributed by atoms with Crippen LogP contribution in [0.2, 0.25) is 0 Å². The van der Waals surface area contributed by atoms with E-state index < -0.39 is 5.41 Å². The summed E-state index contributed by atoms with van der Waals surface area (Å²) in [5.74, 6) is 1.46. The molecule has 1 aromatic carbocycles. The van der Waals surface area contributed by atoms with Gasteiger partial charge in [0.2, 0.25) is 5.91 Å². The molecule has 2 spiro atoms. The van der Waals surface area contributed by atoms with Crippen molar-refractivity contribution in [2.75, 3.05) is 27.4 Å². The van der Waals surface area contributed by atoms with Crippen LogP contribution in [0, 0.1) is 28.6 Å². The van der Waals surface area contributed by atoms with Crippen LogP contribution in [0.25, 0.3) is 0 Å². The van der Waals surface area contributed by atoms with Gasteiger partial charge in [-0.15, -0.1) is 0 Å². The number of ether oxygens (including phenoxy) is 2. The fraction of sp³-hybridized carbons (Fsp3) is 0.697. The van der Waals surface area contributed by atoms with Gasteiger partial charge in [-0.1, -0.05) is 51.0 Å². The van der Waals surface area contributed by atoms with E-state index in [1.807, 2.05) is 7.11 Å². The monoisotopic (exact) mass is 520 g/mol. The van der Waals surface area contributed by atoms with Gasteiger partial charge >= 0.3 is 0 Å². The molecule has 5 rings (SSSR count). The molecule has 0 saturated heterocycles. The lowest BCUT2D eigenvalue weighted by Crippen LogP contribution is -2.62. The number of amides is 1. The van der Waals surface area contributed by atoms with Crippen LogP contribution in [-0.4, -0.2) is 50.5 Å². The highest BCUT2D eigenvalue weighted by Gasteiger charge is 2.67. The average molecular weight is 521 g/mol. The molecule has 5 heteroatoms. The number of nitrogens with zero attached hydrogens (tertiary/aromatic N) is 1. The normalized spacial score (nSPS) is 31.5. The van der Waals surface area contributed by atoms with Crippen LogP contribution in [0.5, 0.6) is 0 Å². The van der Waals surface area contributed by atoms with E-state index in [-0.39, 0.29) is 29.3 Å². The first-order valence-corrected chi connectivity index (χ1v) is 15.1. The van der Waals surface area contributed by atoms with E-state index in [9.17, 15) is 0 Å². The topological polar surface area (TPSA) is 62.6 Å². The van der Waals surface area contributed by atoms with E-state index in [4.69, 9.17) is 14.9 Å². The summed E-state index contributed by atoms with van der Waals surface area (Å²) in [4.78, 5) is 17.3. The Morgan fingerprint density at radius 2 is 1.95 bits per heavy atom. The maximum absolute atomic E-state index is 15.3. The van der Waals surface area contributed by atoms with E-state index in [0.717, 1.165) is 56.6 Å². The standard InChI is InChI=1S/C33H48N2O3/c1-5-27-21-30(23(2)14-17-34)35(18-19-37-3)31(36)33(27)29-20-25(9-8-24-6-7-24)10-11-26(29)22-32(33)15-12-28(38-4)13-16-32/h10-11,17,20-21,23-24,27-28,34H,5-9,12-16,18-19,22H2,1-4H3. The second-order valence-corrected chi connectivity index (χ2v) is 12.6. The summed E-state index contributed by atoms with van der Waals surface area (Å²) in [6.07, 6.45) is 16.0. The Balaban J connectivity index is 1.66. The molecular weight excluding hydrogens is 472 g/mol. The highest BCUT2D eigenvalue weighted by atomic mass is 16.5. The minimum atomic E-state index is -0.549. The molecule has 2 fully saturated rings. The number of carbonyl (C=O) groups excluding carboxylic acids is 1. The molecule has 0 bridgehead atoms. The first-order valence-electron chi connectivity index (χ1n) is 15.1. The van der Waals surface area contributed by atoms with Crippen molar-refractivity contribution in [3.05, 3.63) is 46.7 Å². The number of allylic oxidation sites excluding steroid dienone is 2. The molecule has 1 N–H and O–H groups in total. The second-order valence-electron chi connectivity index (χ2n) is 12.6. The molecule has 38 heavy (non-hydrogen) atoms. The number of methoxy groups -OCH3 is 2. The third-order valence-electron chi connectivity index (χ3n) is 10.5. The van der Waals surface area contributed by atoms with Crippen LogP contribution in [-0.2, 0) is 32.5 Å². The average Bonchev–Trinajstić information content (AvgIpc) is 3.72. The molecule has 1 heterocycles. The number of aryl methyl sites for hydroxylation is 1. The Hall–Kier alpha value is -1.98. The van der Waals surface area contributed by atoms with Gasteiger partial charge in [0.25, 0.3) is 0 Å². The van der Waals surface area contributed by atoms with Crippen LogP contribution in [0.3, 0.4) is 0 Å². The fourth-order valence-corrected chi connectivity index (χ4v) is 8.23. The van der Waals surface area contributed by atoms with Gasteiger partial charge in [0, 0.05) is 32.4 Å². The zero-order valence-corrected chi connectivity index (χ0v) is 24.1. The quantitative estimate of drug-likeness (QED) is 0.340. The summed E-state index contributed by atoms with van der Waals surface area (Å²) in [6.45, 7) is 5.51. The highest BCUT2D eigenvalue weighted by Crippen LogP contribution is 2.65. The summed E-state index contributed by atoms with van der Waals surface area (Å²) in [5, 5.41) is 7.76.